The summed E-state index contributed by atoms with van der Waals surface area (Å²) in [6.07, 6.45) is 3.27. The Kier molecular flexibility index (Phi) is 4.16. The molecule has 0 aliphatic carbocycles. The maximum atomic E-state index is 10.6. The number of hydrogen-bond acceptors (Lipinski definition) is 6. The van der Waals surface area contributed by atoms with Crippen molar-refractivity contribution in [1.29, 1.82) is 0 Å². The molecule has 2 N–H and O–H groups in total. The molecule has 2 aliphatic rings. The van der Waals surface area contributed by atoms with E-state index >= 15 is 0 Å². The minimum Gasteiger partial charge on any atom is -0.444 e. The summed E-state index contributed by atoms with van der Waals surface area (Å²) in [4.78, 5) is 12.6. The third-order valence-electron chi connectivity index (χ3n) is 4.01. The number of anilines is 1. The van der Waals surface area contributed by atoms with Gasteiger partial charge in [-0.1, -0.05) is 12.6 Å². The van der Waals surface area contributed by atoms with E-state index < -0.39 is 12.3 Å². The van der Waals surface area contributed by atoms with Crippen molar-refractivity contribution in [3.63, 3.8) is 0 Å². The quantitative estimate of drug-likeness (QED) is 0.823. The van der Waals surface area contributed by atoms with Crippen LogP contribution in [0.3, 0.4) is 0 Å². The van der Waals surface area contributed by atoms with Crippen molar-refractivity contribution in [3.8, 4) is 0 Å². The normalized spacial score (nSPS) is 23.5. The fourth-order valence-electron chi connectivity index (χ4n) is 2.91. The van der Waals surface area contributed by atoms with Crippen molar-refractivity contribution >= 4 is 17.9 Å². The monoisotopic (exact) mass is 313 g/mol. The van der Waals surface area contributed by atoms with Gasteiger partial charge in [-0.25, -0.2) is 0 Å². The number of carbonyl (C=O) groups excluding carboxylic acids is 1. The molecule has 120 valence electrons. The number of rotatable bonds is 4. The fraction of sp³-hybridized carbons (Fsp3) is 0.294. The van der Waals surface area contributed by atoms with Crippen LogP contribution in [0.1, 0.15) is 17.5 Å². The molecular weight excluding hydrogens is 294 g/mol. The Balaban J connectivity index is 1.86. The Morgan fingerprint density at radius 1 is 1.48 bits per heavy atom. The molecule has 0 spiro atoms. The van der Waals surface area contributed by atoms with Crippen LogP contribution in [0, 0.1) is 6.92 Å². The average Bonchev–Trinajstić information content (AvgIpc) is 2.89. The molecule has 1 saturated heterocycles. The molecule has 0 amide bonds. The van der Waals surface area contributed by atoms with Crippen LogP contribution in [0.5, 0.6) is 0 Å². The molecule has 0 bridgehead atoms. The van der Waals surface area contributed by atoms with E-state index in [2.05, 4.69) is 17.1 Å². The molecule has 2 atom stereocenters. The topological polar surface area (TPSA) is 74.2 Å². The molecule has 1 aromatic carbocycles. The van der Waals surface area contributed by atoms with Gasteiger partial charge < -0.3 is 14.7 Å². The van der Waals surface area contributed by atoms with Gasteiger partial charge in [-0.15, -0.1) is 0 Å². The first-order valence-electron chi connectivity index (χ1n) is 7.44. The molecule has 1 unspecified atom stereocenters. The zero-order chi connectivity index (χ0) is 16.4. The molecule has 1 fully saturated rings. The summed E-state index contributed by atoms with van der Waals surface area (Å²) >= 11 is 0. The summed E-state index contributed by atoms with van der Waals surface area (Å²) in [6.45, 7) is 6.64. The summed E-state index contributed by atoms with van der Waals surface area (Å²) in [6, 6.07) is 5.95. The predicted octanol–water partition coefficient (Wildman–Crippen LogP) is 1.44. The zero-order valence-corrected chi connectivity index (χ0v) is 12.9. The molecule has 3 rings (SSSR count). The number of aryl methyl sites for hydroxylation is 1. The molecular formula is C17H19N3O3. The number of hydrazone groups is 1. The lowest BCUT2D eigenvalue weighted by Crippen LogP contribution is -2.32. The van der Waals surface area contributed by atoms with E-state index in [4.69, 9.17) is 4.74 Å². The molecule has 0 saturated carbocycles. The third kappa shape index (κ3) is 3.12. The number of β-amino-alcohol motifs (C(OH)–C–C–N with tert-alkyl or cyclic N) is 1. The van der Waals surface area contributed by atoms with Gasteiger partial charge in [0, 0.05) is 29.9 Å². The van der Waals surface area contributed by atoms with Crippen LogP contribution >= 0.6 is 0 Å². The summed E-state index contributed by atoms with van der Waals surface area (Å²) in [5, 5.41) is 14.1. The standard InChI is InChI=1S/C17H19N3O3/c1-11-7-13(15-5-3-12(2)18-19-15)4-6-16(11)20-9-14(22)8-17(20)23-10-21/h3-7,10,14,17-18,22H,2,8-9H2,1H3/t14?,17-/m1/s1. The third-order valence-corrected chi connectivity index (χ3v) is 4.01. The Morgan fingerprint density at radius 3 is 2.96 bits per heavy atom. The number of carbonyl (C=O) groups is 1. The van der Waals surface area contributed by atoms with Gasteiger partial charge in [0.05, 0.1) is 11.8 Å². The fourth-order valence-corrected chi connectivity index (χ4v) is 2.91. The second-order valence-electron chi connectivity index (χ2n) is 5.70. The van der Waals surface area contributed by atoms with Gasteiger partial charge in [0.25, 0.3) is 6.47 Å². The van der Waals surface area contributed by atoms with E-state index in [1.165, 1.54) is 0 Å². The molecule has 0 aromatic heterocycles. The summed E-state index contributed by atoms with van der Waals surface area (Å²) in [5.41, 5.74) is 7.38. The van der Waals surface area contributed by atoms with E-state index in [1.54, 1.807) is 0 Å². The lowest BCUT2D eigenvalue weighted by atomic mass is 10.0. The lowest BCUT2D eigenvalue weighted by molar-refractivity contribution is -0.133. The Morgan fingerprint density at radius 2 is 2.30 bits per heavy atom. The van der Waals surface area contributed by atoms with E-state index in [1.807, 2.05) is 42.2 Å². The minimum atomic E-state index is -0.500. The van der Waals surface area contributed by atoms with Gasteiger partial charge in [0.2, 0.25) is 0 Å². The van der Waals surface area contributed by atoms with Gasteiger partial charge >= 0.3 is 0 Å². The Hall–Kier alpha value is -2.60. The van der Waals surface area contributed by atoms with Crippen LogP contribution < -0.4 is 10.3 Å². The van der Waals surface area contributed by atoms with Crippen LogP contribution in [0.4, 0.5) is 5.69 Å². The smallest absolute Gasteiger partial charge is 0.295 e. The summed E-state index contributed by atoms with van der Waals surface area (Å²) in [7, 11) is 0. The summed E-state index contributed by atoms with van der Waals surface area (Å²) in [5.74, 6) is 0. The van der Waals surface area contributed by atoms with Crippen LogP contribution in [0.25, 0.3) is 0 Å². The van der Waals surface area contributed by atoms with E-state index in [0.717, 1.165) is 28.2 Å². The molecule has 2 aliphatic heterocycles. The van der Waals surface area contributed by atoms with Crippen molar-refractivity contribution in [2.45, 2.75) is 25.7 Å². The second kappa shape index (κ2) is 6.26. The zero-order valence-electron chi connectivity index (χ0n) is 12.9. The van der Waals surface area contributed by atoms with Gasteiger partial charge in [0.15, 0.2) is 6.23 Å². The van der Waals surface area contributed by atoms with Crippen molar-refractivity contribution < 1.29 is 14.6 Å². The summed E-state index contributed by atoms with van der Waals surface area (Å²) < 4.78 is 5.08. The number of aliphatic hydroxyl groups excluding tert-OH is 1. The van der Waals surface area contributed by atoms with Crippen molar-refractivity contribution in [3.05, 3.63) is 53.8 Å². The number of ether oxygens (including phenoxy) is 1. The average molecular weight is 313 g/mol. The van der Waals surface area contributed by atoms with E-state index in [-0.39, 0.29) is 0 Å². The Bertz CT molecular complexity index is 696. The highest BCUT2D eigenvalue weighted by molar-refractivity contribution is 6.09. The first-order chi connectivity index (χ1) is 11.1. The first kappa shape index (κ1) is 15.3. The molecule has 1 aromatic rings. The number of allylic oxidation sites excluding steroid dienone is 2. The first-order valence-corrected chi connectivity index (χ1v) is 7.44. The lowest BCUT2D eigenvalue weighted by Gasteiger charge is -2.26. The Labute approximate surface area is 134 Å². The molecule has 2 heterocycles. The van der Waals surface area contributed by atoms with Gasteiger partial charge in [-0.2, -0.15) is 5.10 Å². The number of aliphatic hydroxyl groups is 1. The van der Waals surface area contributed by atoms with E-state index in [9.17, 15) is 9.90 Å². The predicted molar refractivity (Wildman–Crippen MR) is 88.0 cm³/mol. The number of hydrogen-bond donors (Lipinski definition) is 2. The molecule has 23 heavy (non-hydrogen) atoms. The van der Waals surface area contributed by atoms with Crippen LogP contribution in [0.2, 0.25) is 0 Å². The molecule has 0 radical (unpaired) electrons. The molecule has 6 nitrogen and oxygen atoms in total. The van der Waals surface area contributed by atoms with Crippen LogP contribution in [-0.2, 0) is 9.53 Å². The highest BCUT2D eigenvalue weighted by atomic mass is 16.5. The van der Waals surface area contributed by atoms with Crippen molar-refractivity contribution in [2.24, 2.45) is 5.10 Å². The van der Waals surface area contributed by atoms with Gasteiger partial charge in [-0.3, -0.25) is 10.2 Å². The second-order valence-corrected chi connectivity index (χ2v) is 5.70. The minimum absolute atomic E-state index is 0.418. The SMILES string of the molecule is C=C1C=CC(c2ccc(N3CC(O)C[C@H]3OC=O)c(C)c2)=NN1. The number of nitrogens with one attached hydrogen (secondary N) is 1. The van der Waals surface area contributed by atoms with Gasteiger partial charge in [-0.05, 0) is 36.8 Å². The maximum absolute atomic E-state index is 10.6. The van der Waals surface area contributed by atoms with Crippen molar-refractivity contribution in [1.82, 2.24) is 5.43 Å². The number of nitrogens with zero attached hydrogens (tertiary/aromatic N) is 2. The number of benzene rings is 1. The van der Waals surface area contributed by atoms with Gasteiger partial charge in [0.1, 0.15) is 0 Å². The highest BCUT2D eigenvalue weighted by Crippen LogP contribution is 2.30. The van der Waals surface area contributed by atoms with Crippen LogP contribution in [-0.4, -0.2) is 36.2 Å². The largest absolute Gasteiger partial charge is 0.444 e. The molecule has 6 heteroatoms. The maximum Gasteiger partial charge on any atom is 0.295 e. The highest BCUT2D eigenvalue weighted by Gasteiger charge is 2.33. The van der Waals surface area contributed by atoms with Crippen molar-refractivity contribution in [2.75, 3.05) is 11.4 Å². The van der Waals surface area contributed by atoms with Crippen LogP contribution in [0.15, 0.2) is 47.7 Å². The van der Waals surface area contributed by atoms with E-state index in [0.29, 0.717) is 19.4 Å².